The Labute approximate surface area is 111 Å². The molecular formula is C15H28N2O. The largest absolute Gasteiger partial charge is 0.326 e. The molecule has 0 spiro atoms. The Morgan fingerprint density at radius 2 is 1.89 bits per heavy atom. The lowest BCUT2D eigenvalue weighted by atomic mass is 9.82. The van der Waals surface area contributed by atoms with Gasteiger partial charge in [-0.25, -0.2) is 0 Å². The van der Waals surface area contributed by atoms with Crippen molar-refractivity contribution in [3.63, 3.8) is 0 Å². The van der Waals surface area contributed by atoms with Crippen LogP contribution in [0.4, 0.5) is 0 Å². The van der Waals surface area contributed by atoms with E-state index >= 15 is 0 Å². The van der Waals surface area contributed by atoms with E-state index in [4.69, 9.17) is 0 Å². The SMILES string of the molecule is CCC1(C)NC(C)N(CC2CCC(C)CC2)C1=O. The zero-order valence-electron chi connectivity index (χ0n) is 12.3. The highest BCUT2D eigenvalue weighted by Crippen LogP contribution is 2.31. The van der Waals surface area contributed by atoms with Gasteiger partial charge in [-0.05, 0) is 44.9 Å². The van der Waals surface area contributed by atoms with Gasteiger partial charge in [0.05, 0.1) is 11.7 Å². The molecule has 0 aromatic carbocycles. The van der Waals surface area contributed by atoms with E-state index in [-0.39, 0.29) is 11.7 Å². The van der Waals surface area contributed by atoms with Crippen LogP contribution < -0.4 is 5.32 Å². The molecule has 2 rings (SSSR count). The molecule has 0 aromatic rings. The van der Waals surface area contributed by atoms with Crippen LogP contribution in [0.25, 0.3) is 0 Å². The first-order valence-corrected chi connectivity index (χ1v) is 7.55. The molecule has 2 fully saturated rings. The summed E-state index contributed by atoms with van der Waals surface area (Å²) in [6, 6.07) is 0. The van der Waals surface area contributed by atoms with Gasteiger partial charge < -0.3 is 4.90 Å². The highest BCUT2D eigenvalue weighted by Gasteiger charge is 2.45. The van der Waals surface area contributed by atoms with Gasteiger partial charge >= 0.3 is 0 Å². The highest BCUT2D eigenvalue weighted by molar-refractivity contribution is 5.88. The molecule has 0 radical (unpaired) electrons. The van der Waals surface area contributed by atoms with Crippen molar-refractivity contribution in [3.05, 3.63) is 0 Å². The van der Waals surface area contributed by atoms with Crippen LogP contribution in [-0.4, -0.2) is 29.1 Å². The van der Waals surface area contributed by atoms with Gasteiger partial charge in [-0.2, -0.15) is 0 Å². The highest BCUT2D eigenvalue weighted by atomic mass is 16.2. The minimum absolute atomic E-state index is 0.196. The number of rotatable bonds is 3. The van der Waals surface area contributed by atoms with E-state index in [2.05, 4.69) is 31.0 Å². The topological polar surface area (TPSA) is 32.3 Å². The summed E-state index contributed by atoms with van der Waals surface area (Å²) >= 11 is 0. The molecule has 3 nitrogen and oxygen atoms in total. The van der Waals surface area contributed by atoms with Crippen molar-refractivity contribution in [1.29, 1.82) is 0 Å². The molecule has 1 heterocycles. The Kier molecular flexibility index (Phi) is 4.00. The van der Waals surface area contributed by atoms with Crippen molar-refractivity contribution in [1.82, 2.24) is 10.2 Å². The first-order valence-electron chi connectivity index (χ1n) is 7.55. The van der Waals surface area contributed by atoms with Crippen LogP contribution in [0.5, 0.6) is 0 Å². The van der Waals surface area contributed by atoms with Gasteiger partial charge in [-0.15, -0.1) is 0 Å². The zero-order chi connectivity index (χ0) is 13.3. The Bertz CT molecular complexity index is 310. The molecule has 1 N–H and O–H groups in total. The van der Waals surface area contributed by atoms with E-state index in [1.165, 1.54) is 25.7 Å². The number of carbonyl (C=O) groups is 1. The lowest BCUT2D eigenvalue weighted by Crippen LogP contribution is -2.43. The van der Waals surface area contributed by atoms with Crippen molar-refractivity contribution in [3.8, 4) is 0 Å². The molecular weight excluding hydrogens is 224 g/mol. The summed E-state index contributed by atoms with van der Waals surface area (Å²) in [6.45, 7) is 9.54. The third-order valence-corrected chi connectivity index (χ3v) is 5.03. The van der Waals surface area contributed by atoms with E-state index in [1.54, 1.807) is 0 Å². The molecule has 0 bridgehead atoms. The van der Waals surface area contributed by atoms with E-state index in [9.17, 15) is 4.79 Å². The van der Waals surface area contributed by atoms with Crippen LogP contribution in [0.2, 0.25) is 0 Å². The standard InChI is InChI=1S/C15H28N2O/c1-5-15(4)14(18)17(12(3)16-15)10-13-8-6-11(2)7-9-13/h11-13,16H,5-10H2,1-4H3. The number of carbonyl (C=O) groups excluding carboxylic acids is 1. The third kappa shape index (κ3) is 2.56. The summed E-state index contributed by atoms with van der Waals surface area (Å²) in [5.74, 6) is 1.90. The van der Waals surface area contributed by atoms with Gasteiger partial charge in [0.15, 0.2) is 0 Å². The molecule has 0 aromatic heterocycles. The van der Waals surface area contributed by atoms with Gasteiger partial charge in [0, 0.05) is 6.54 Å². The molecule has 2 atom stereocenters. The number of nitrogens with zero attached hydrogens (tertiary/aromatic N) is 1. The first-order chi connectivity index (χ1) is 8.46. The Morgan fingerprint density at radius 1 is 1.28 bits per heavy atom. The predicted molar refractivity (Wildman–Crippen MR) is 74.1 cm³/mol. The van der Waals surface area contributed by atoms with Gasteiger partial charge in [0.2, 0.25) is 5.91 Å². The summed E-state index contributed by atoms with van der Waals surface area (Å²) in [6.07, 6.45) is 6.32. The lowest BCUT2D eigenvalue weighted by Gasteiger charge is -2.31. The van der Waals surface area contributed by atoms with Crippen LogP contribution in [-0.2, 0) is 4.79 Å². The monoisotopic (exact) mass is 252 g/mol. The fraction of sp³-hybridized carbons (Fsp3) is 0.933. The second-order valence-electron chi connectivity index (χ2n) is 6.59. The molecule has 1 aliphatic heterocycles. The van der Waals surface area contributed by atoms with Crippen LogP contribution in [0.1, 0.15) is 59.8 Å². The molecule has 104 valence electrons. The van der Waals surface area contributed by atoms with Crippen molar-refractivity contribution in [2.45, 2.75) is 71.5 Å². The summed E-state index contributed by atoms with van der Waals surface area (Å²) in [4.78, 5) is 14.5. The molecule has 3 heteroatoms. The average Bonchev–Trinajstić information content (AvgIpc) is 2.56. The number of hydrogen-bond acceptors (Lipinski definition) is 2. The zero-order valence-corrected chi connectivity index (χ0v) is 12.3. The summed E-state index contributed by atoms with van der Waals surface area (Å²) in [7, 11) is 0. The molecule has 1 saturated carbocycles. The Hall–Kier alpha value is -0.570. The maximum absolute atomic E-state index is 12.5. The first kappa shape index (κ1) is 13.9. The van der Waals surface area contributed by atoms with Gasteiger partial charge in [0.25, 0.3) is 0 Å². The van der Waals surface area contributed by atoms with Gasteiger partial charge in [0.1, 0.15) is 0 Å². The second kappa shape index (κ2) is 5.20. The predicted octanol–water partition coefficient (Wildman–Crippen LogP) is 2.76. The van der Waals surface area contributed by atoms with E-state index in [0.29, 0.717) is 11.8 Å². The van der Waals surface area contributed by atoms with Gasteiger partial charge in [-0.3, -0.25) is 10.1 Å². The maximum atomic E-state index is 12.5. The summed E-state index contributed by atoms with van der Waals surface area (Å²) < 4.78 is 0. The number of hydrogen-bond donors (Lipinski definition) is 1. The van der Waals surface area contributed by atoms with Crippen LogP contribution in [0.3, 0.4) is 0 Å². The Balaban J connectivity index is 1.95. The molecule has 1 saturated heterocycles. The van der Waals surface area contributed by atoms with Crippen molar-refractivity contribution < 1.29 is 4.79 Å². The van der Waals surface area contributed by atoms with Crippen molar-refractivity contribution >= 4 is 5.91 Å². The fourth-order valence-electron chi connectivity index (χ4n) is 3.38. The van der Waals surface area contributed by atoms with Crippen molar-refractivity contribution in [2.75, 3.05) is 6.54 Å². The van der Waals surface area contributed by atoms with E-state index < -0.39 is 0 Å². The van der Waals surface area contributed by atoms with E-state index in [1.807, 2.05) is 6.92 Å². The fourth-order valence-corrected chi connectivity index (χ4v) is 3.38. The minimum Gasteiger partial charge on any atom is -0.326 e. The smallest absolute Gasteiger partial charge is 0.243 e. The average molecular weight is 252 g/mol. The van der Waals surface area contributed by atoms with Gasteiger partial charge in [-0.1, -0.05) is 26.7 Å². The third-order valence-electron chi connectivity index (χ3n) is 5.03. The Morgan fingerprint density at radius 3 is 2.39 bits per heavy atom. The lowest BCUT2D eigenvalue weighted by molar-refractivity contribution is -0.133. The number of amides is 1. The second-order valence-corrected chi connectivity index (χ2v) is 6.59. The molecule has 1 aliphatic carbocycles. The normalized spacial score (nSPS) is 41.4. The summed E-state index contributed by atoms with van der Waals surface area (Å²) in [5.41, 5.74) is -0.332. The minimum atomic E-state index is -0.332. The van der Waals surface area contributed by atoms with Crippen LogP contribution >= 0.6 is 0 Å². The molecule has 18 heavy (non-hydrogen) atoms. The van der Waals surface area contributed by atoms with Crippen LogP contribution in [0.15, 0.2) is 0 Å². The maximum Gasteiger partial charge on any atom is 0.243 e. The molecule has 2 aliphatic rings. The summed E-state index contributed by atoms with van der Waals surface area (Å²) in [5, 5.41) is 3.45. The van der Waals surface area contributed by atoms with E-state index in [0.717, 1.165) is 18.9 Å². The quantitative estimate of drug-likeness (QED) is 0.837. The van der Waals surface area contributed by atoms with Crippen molar-refractivity contribution in [2.24, 2.45) is 11.8 Å². The molecule has 2 unspecified atom stereocenters. The molecule has 1 amide bonds. The van der Waals surface area contributed by atoms with Crippen LogP contribution in [0, 0.1) is 11.8 Å². The number of nitrogens with one attached hydrogen (secondary N) is 1.